The lowest BCUT2D eigenvalue weighted by Gasteiger charge is -2.05. The third kappa shape index (κ3) is 3.27. The van der Waals surface area contributed by atoms with E-state index in [9.17, 15) is 13.6 Å². The molecule has 1 N–H and O–H groups in total. The van der Waals surface area contributed by atoms with E-state index in [1.165, 1.54) is 12.1 Å². The van der Waals surface area contributed by atoms with Crippen molar-refractivity contribution in [3.05, 3.63) is 35.4 Å². The Hall–Kier alpha value is -0.970. The van der Waals surface area contributed by atoms with Crippen molar-refractivity contribution in [1.82, 2.24) is 5.32 Å². The van der Waals surface area contributed by atoms with E-state index in [4.69, 9.17) is 0 Å². The number of hydrogen-bond donors (Lipinski definition) is 1. The molecule has 0 aliphatic heterocycles. The lowest BCUT2D eigenvalue weighted by molar-refractivity contribution is 0.0949. The largest absolute Gasteiger partial charge is 0.352 e. The van der Waals surface area contributed by atoms with Gasteiger partial charge in [-0.15, -0.1) is 0 Å². The summed E-state index contributed by atoms with van der Waals surface area (Å²) in [4.78, 5) is 11.4. The Balaban J connectivity index is 2.69. The lowest BCUT2D eigenvalue weighted by Crippen LogP contribution is -2.25. The number of carbonyl (C=O) groups excluding carboxylic acids is 1. The van der Waals surface area contributed by atoms with Crippen LogP contribution in [-0.2, 0) is 0 Å². The minimum atomic E-state index is -1.10. The second-order valence-electron chi connectivity index (χ2n) is 2.90. The molecule has 82 valence electrons. The fourth-order valence-corrected chi connectivity index (χ4v) is 1.32. The average Bonchev–Trinajstić information content (AvgIpc) is 2.22. The van der Waals surface area contributed by atoms with E-state index in [0.29, 0.717) is 6.54 Å². The normalized spacial score (nSPS) is 10.1. The molecule has 0 aromatic heterocycles. The van der Waals surface area contributed by atoms with Crippen LogP contribution >= 0.6 is 15.9 Å². The second kappa shape index (κ2) is 5.80. The van der Waals surface area contributed by atoms with Gasteiger partial charge in [-0.25, -0.2) is 8.78 Å². The third-order valence-electron chi connectivity index (χ3n) is 1.79. The molecule has 0 radical (unpaired) electrons. The number of benzene rings is 1. The van der Waals surface area contributed by atoms with Gasteiger partial charge >= 0.3 is 0 Å². The molecule has 0 saturated carbocycles. The maximum absolute atomic E-state index is 13.1. The maximum atomic E-state index is 13.1. The van der Waals surface area contributed by atoms with Gasteiger partial charge in [0.25, 0.3) is 5.91 Å². The molecule has 2 nitrogen and oxygen atoms in total. The Morgan fingerprint density at radius 2 is 2.13 bits per heavy atom. The number of halogens is 3. The van der Waals surface area contributed by atoms with Crippen molar-refractivity contribution in [2.24, 2.45) is 0 Å². The molecular weight excluding hydrogens is 268 g/mol. The van der Waals surface area contributed by atoms with Crippen LogP contribution in [0, 0.1) is 11.6 Å². The molecule has 0 heterocycles. The van der Waals surface area contributed by atoms with Crippen molar-refractivity contribution in [3.63, 3.8) is 0 Å². The Morgan fingerprint density at radius 1 is 1.40 bits per heavy atom. The zero-order valence-electron chi connectivity index (χ0n) is 7.90. The van der Waals surface area contributed by atoms with Crippen LogP contribution in [0.4, 0.5) is 8.78 Å². The molecule has 5 heteroatoms. The summed E-state index contributed by atoms with van der Waals surface area (Å²) >= 11 is 3.20. The number of hydrogen-bond acceptors (Lipinski definition) is 1. The molecular formula is C10H10BrF2NO. The molecule has 0 saturated heterocycles. The van der Waals surface area contributed by atoms with Crippen LogP contribution in [0.2, 0.25) is 0 Å². The monoisotopic (exact) mass is 277 g/mol. The first-order valence-corrected chi connectivity index (χ1v) is 5.57. The summed E-state index contributed by atoms with van der Waals surface area (Å²) in [6.45, 7) is 0.431. The van der Waals surface area contributed by atoms with E-state index < -0.39 is 17.5 Å². The molecule has 0 atom stereocenters. The van der Waals surface area contributed by atoms with E-state index in [2.05, 4.69) is 21.2 Å². The molecule has 0 spiro atoms. The van der Waals surface area contributed by atoms with Gasteiger partial charge in [-0.2, -0.15) is 0 Å². The predicted molar refractivity (Wildman–Crippen MR) is 57.1 cm³/mol. The Labute approximate surface area is 94.8 Å². The second-order valence-corrected chi connectivity index (χ2v) is 3.69. The summed E-state index contributed by atoms with van der Waals surface area (Å²) in [6.07, 6.45) is 0.739. The maximum Gasteiger partial charge on any atom is 0.254 e. The Kier molecular flexibility index (Phi) is 4.68. The summed E-state index contributed by atoms with van der Waals surface area (Å²) < 4.78 is 25.9. The minimum Gasteiger partial charge on any atom is -0.352 e. The van der Waals surface area contributed by atoms with Crippen LogP contribution in [-0.4, -0.2) is 17.8 Å². The van der Waals surface area contributed by atoms with Crippen molar-refractivity contribution in [3.8, 4) is 0 Å². The molecule has 1 aromatic carbocycles. The highest BCUT2D eigenvalue weighted by atomic mass is 79.9. The van der Waals surface area contributed by atoms with Crippen LogP contribution in [0.15, 0.2) is 18.2 Å². The van der Waals surface area contributed by atoms with E-state index in [1.807, 2.05) is 0 Å². The summed E-state index contributed by atoms with van der Waals surface area (Å²) in [5.74, 6) is -2.70. The quantitative estimate of drug-likeness (QED) is 0.665. The smallest absolute Gasteiger partial charge is 0.254 e. The average molecular weight is 278 g/mol. The summed E-state index contributed by atoms with van der Waals surface area (Å²) in [5, 5.41) is 3.24. The summed E-state index contributed by atoms with van der Waals surface area (Å²) in [5.41, 5.74) is -0.260. The van der Waals surface area contributed by atoms with Crippen molar-refractivity contribution in [2.45, 2.75) is 6.42 Å². The zero-order valence-corrected chi connectivity index (χ0v) is 9.48. The standard InChI is InChI=1S/C10H10BrF2NO/c11-5-2-6-14-10(15)7-3-1-4-8(12)9(7)13/h1,3-4H,2,5-6H2,(H,14,15). The molecule has 15 heavy (non-hydrogen) atoms. The zero-order chi connectivity index (χ0) is 11.3. The Morgan fingerprint density at radius 3 is 2.80 bits per heavy atom. The molecule has 0 unspecified atom stereocenters. The van der Waals surface area contributed by atoms with Crippen LogP contribution in [0.1, 0.15) is 16.8 Å². The van der Waals surface area contributed by atoms with E-state index in [1.54, 1.807) is 0 Å². The molecule has 0 aliphatic rings. The molecule has 0 aliphatic carbocycles. The van der Waals surface area contributed by atoms with Crippen LogP contribution in [0.5, 0.6) is 0 Å². The lowest BCUT2D eigenvalue weighted by atomic mass is 10.2. The molecule has 1 amide bonds. The van der Waals surface area contributed by atoms with Crippen LogP contribution < -0.4 is 5.32 Å². The van der Waals surface area contributed by atoms with Gasteiger partial charge in [-0.05, 0) is 18.6 Å². The van der Waals surface area contributed by atoms with E-state index in [0.717, 1.165) is 17.8 Å². The van der Waals surface area contributed by atoms with Gasteiger partial charge < -0.3 is 5.32 Å². The van der Waals surface area contributed by atoms with Gasteiger partial charge in [0.2, 0.25) is 0 Å². The topological polar surface area (TPSA) is 29.1 Å². The Bertz CT molecular complexity index is 357. The third-order valence-corrected chi connectivity index (χ3v) is 2.35. The first-order chi connectivity index (χ1) is 7.16. The van der Waals surface area contributed by atoms with Crippen molar-refractivity contribution in [2.75, 3.05) is 11.9 Å². The van der Waals surface area contributed by atoms with E-state index >= 15 is 0 Å². The SMILES string of the molecule is O=C(NCCCBr)c1cccc(F)c1F. The number of amides is 1. The predicted octanol–water partition coefficient (Wildman–Crippen LogP) is 2.48. The van der Waals surface area contributed by atoms with Crippen LogP contribution in [0.3, 0.4) is 0 Å². The number of nitrogens with one attached hydrogen (secondary N) is 1. The van der Waals surface area contributed by atoms with Gasteiger partial charge in [0.05, 0.1) is 5.56 Å². The molecule has 0 bridgehead atoms. The first-order valence-electron chi connectivity index (χ1n) is 4.45. The first kappa shape index (κ1) is 12.1. The fourth-order valence-electron chi connectivity index (χ4n) is 1.04. The fraction of sp³-hybridized carbons (Fsp3) is 0.300. The van der Waals surface area contributed by atoms with Crippen LogP contribution in [0.25, 0.3) is 0 Å². The minimum absolute atomic E-state index is 0.260. The highest BCUT2D eigenvalue weighted by Crippen LogP contribution is 2.10. The van der Waals surface area contributed by atoms with Gasteiger partial charge in [0, 0.05) is 11.9 Å². The van der Waals surface area contributed by atoms with Crippen molar-refractivity contribution < 1.29 is 13.6 Å². The van der Waals surface area contributed by atoms with Gasteiger partial charge in [-0.3, -0.25) is 4.79 Å². The van der Waals surface area contributed by atoms with Crippen molar-refractivity contribution >= 4 is 21.8 Å². The number of rotatable bonds is 4. The van der Waals surface area contributed by atoms with Crippen molar-refractivity contribution in [1.29, 1.82) is 0 Å². The molecule has 1 aromatic rings. The number of alkyl halides is 1. The summed E-state index contributed by atoms with van der Waals surface area (Å²) in [6, 6.07) is 3.53. The van der Waals surface area contributed by atoms with Gasteiger partial charge in [0.15, 0.2) is 11.6 Å². The van der Waals surface area contributed by atoms with E-state index in [-0.39, 0.29) is 5.56 Å². The highest BCUT2D eigenvalue weighted by Gasteiger charge is 2.13. The number of carbonyl (C=O) groups is 1. The molecule has 0 fully saturated rings. The highest BCUT2D eigenvalue weighted by molar-refractivity contribution is 9.09. The summed E-state index contributed by atoms with van der Waals surface area (Å²) in [7, 11) is 0. The molecule has 1 rings (SSSR count). The van der Waals surface area contributed by atoms with Gasteiger partial charge in [0.1, 0.15) is 0 Å². The van der Waals surface area contributed by atoms with Gasteiger partial charge in [-0.1, -0.05) is 22.0 Å².